The van der Waals surface area contributed by atoms with Crippen molar-refractivity contribution in [1.82, 2.24) is 0 Å². The second-order valence-electron chi connectivity index (χ2n) is 6.52. The minimum absolute atomic E-state index is 0. The number of hydrogen-bond acceptors (Lipinski definition) is 9. The number of benzene rings is 4. The molecule has 4 aromatic rings. The fourth-order valence-corrected chi connectivity index (χ4v) is 4.65. The SMILES string of the molecule is O=S(=O)([O-])c1ccc(N=Nc2cc(S(=O)(=O)[O-])c3ccccc3c2O)c2ccccc12.[Na+]. The van der Waals surface area contributed by atoms with E-state index >= 15 is 0 Å². The van der Waals surface area contributed by atoms with Crippen LogP contribution in [0, 0.1) is 0 Å². The summed E-state index contributed by atoms with van der Waals surface area (Å²) in [6.07, 6.45) is 0. The molecule has 0 aromatic heterocycles. The molecule has 0 saturated carbocycles. The molecule has 0 spiro atoms. The van der Waals surface area contributed by atoms with E-state index in [0.717, 1.165) is 12.1 Å². The van der Waals surface area contributed by atoms with Crippen LogP contribution >= 0.6 is 0 Å². The van der Waals surface area contributed by atoms with Crippen molar-refractivity contribution in [2.24, 2.45) is 10.2 Å². The summed E-state index contributed by atoms with van der Waals surface area (Å²) in [4.78, 5) is -0.983. The molecule has 0 aliphatic carbocycles. The van der Waals surface area contributed by atoms with Gasteiger partial charge in [0, 0.05) is 21.5 Å². The van der Waals surface area contributed by atoms with Crippen LogP contribution in [0.5, 0.6) is 5.75 Å². The van der Waals surface area contributed by atoms with Crippen molar-refractivity contribution in [2.75, 3.05) is 0 Å². The Bertz CT molecular complexity index is 1600. The number of azo groups is 1. The molecule has 9 nitrogen and oxygen atoms in total. The normalized spacial score (nSPS) is 12.3. The second-order valence-corrected chi connectivity index (χ2v) is 9.22. The third-order valence-electron chi connectivity index (χ3n) is 4.62. The van der Waals surface area contributed by atoms with E-state index in [1.165, 1.54) is 36.4 Å². The van der Waals surface area contributed by atoms with Gasteiger partial charge >= 0.3 is 29.6 Å². The van der Waals surface area contributed by atoms with Crippen LogP contribution in [0.2, 0.25) is 0 Å². The van der Waals surface area contributed by atoms with Gasteiger partial charge in [0.25, 0.3) is 0 Å². The molecule has 0 atom stereocenters. The Hall–Kier alpha value is -2.38. The maximum absolute atomic E-state index is 11.7. The first kappa shape index (κ1) is 24.3. The molecule has 4 aromatic carbocycles. The van der Waals surface area contributed by atoms with E-state index in [4.69, 9.17) is 0 Å². The number of fused-ring (bicyclic) bond motifs is 2. The Labute approximate surface area is 205 Å². The van der Waals surface area contributed by atoms with Crippen LogP contribution < -0.4 is 29.6 Å². The van der Waals surface area contributed by atoms with Gasteiger partial charge in [-0.1, -0.05) is 48.5 Å². The van der Waals surface area contributed by atoms with Crippen molar-refractivity contribution in [3.8, 4) is 5.75 Å². The van der Waals surface area contributed by atoms with Crippen molar-refractivity contribution < 1.29 is 60.6 Å². The molecule has 4 rings (SSSR count). The summed E-state index contributed by atoms with van der Waals surface area (Å²) in [6.45, 7) is 0. The molecule has 12 heteroatoms. The Morgan fingerprint density at radius 2 is 1.09 bits per heavy atom. The smallest absolute Gasteiger partial charge is 0.744 e. The molecule has 0 unspecified atom stereocenters. The number of phenols is 1. The van der Waals surface area contributed by atoms with E-state index in [0.29, 0.717) is 5.39 Å². The summed E-state index contributed by atoms with van der Waals surface area (Å²) in [5, 5.41) is 19.0. The molecule has 0 bridgehead atoms. The van der Waals surface area contributed by atoms with Crippen LogP contribution in [0.15, 0.2) is 86.7 Å². The van der Waals surface area contributed by atoms with Crippen molar-refractivity contribution in [1.29, 1.82) is 0 Å². The third-order valence-corrected chi connectivity index (χ3v) is 6.39. The maximum atomic E-state index is 11.7. The molecule has 0 saturated heterocycles. The summed E-state index contributed by atoms with van der Waals surface area (Å²) in [6, 6.07) is 15.3. The second kappa shape index (κ2) is 8.87. The van der Waals surface area contributed by atoms with Gasteiger partial charge in [0.15, 0.2) is 5.75 Å². The summed E-state index contributed by atoms with van der Waals surface area (Å²) in [5.41, 5.74) is -0.0974. The summed E-state index contributed by atoms with van der Waals surface area (Å²) in [7, 11) is -9.60. The molecular formula is C20H12N2NaO7S2-. The molecule has 0 aliphatic rings. The van der Waals surface area contributed by atoms with Gasteiger partial charge in [-0.15, -0.1) is 10.2 Å². The van der Waals surface area contributed by atoms with E-state index in [-0.39, 0.29) is 62.8 Å². The fourth-order valence-electron chi connectivity index (χ4n) is 3.26. The van der Waals surface area contributed by atoms with Crippen LogP contribution in [0.3, 0.4) is 0 Å². The van der Waals surface area contributed by atoms with Crippen molar-refractivity contribution in [2.45, 2.75) is 9.79 Å². The van der Waals surface area contributed by atoms with Crippen LogP contribution in [0.25, 0.3) is 21.5 Å². The van der Waals surface area contributed by atoms with Gasteiger partial charge in [-0.05, 0) is 18.2 Å². The summed E-state index contributed by atoms with van der Waals surface area (Å²) in [5.74, 6) is -0.380. The molecule has 0 fully saturated rings. The number of nitrogens with zero attached hydrogens (tertiary/aromatic N) is 2. The largest absolute Gasteiger partial charge is 1.00 e. The van der Waals surface area contributed by atoms with E-state index in [2.05, 4.69) is 10.2 Å². The summed E-state index contributed by atoms with van der Waals surface area (Å²) >= 11 is 0. The predicted octanol–water partition coefficient (Wildman–Crippen LogP) is 0.926. The minimum Gasteiger partial charge on any atom is -0.744 e. The Morgan fingerprint density at radius 1 is 0.625 bits per heavy atom. The number of rotatable bonds is 4. The minimum atomic E-state index is -4.87. The van der Waals surface area contributed by atoms with Gasteiger partial charge in [-0.3, -0.25) is 0 Å². The van der Waals surface area contributed by atoms with Gasteiger partial charge < -0.3 is 14.2 Å². The zero-order valence-electron chi connectivity index (χ0n) is 16.5. The van der Waals surface area contributed by atoms with Gasteiger partial charge in [-0.2, -0.15) is 0 Å². The molecule has 0 aliphatic heterocycles. The first-order chi connectivity index (χ1) is 14.6. The van der Waals surface area contributed by atoms with E-state index in [1.807, 2.05) is 0 Å². The van der Waals surface area contributed by atoms with Gasteiger partial charge in [-0.25, -0.2) is 16.8 Å². The molecule has 0 heterocycles. The topological polar surface area (TPSA) is 159 Å². The first-order valence-electron chi connectivity index (χ1n) is 8.67. The average molecular weight is 479 g/mol. The van der Waals surface area contributed by atoms with E-state index < -0.39 is 30.0 Å². The molecule has 0 radical (unpaired) electrons. The molecule has 32 heavy (non-hydrogen) atoms. The van der Waals surface area contributed by atoms with Crippen molar-refractivity contribution >= 4 is 53.2 Å². The standard InChI is InChI=1S/C20H14N2O7S2.Na/c23-20-15-8-4-3-7-14(15)19(31(27,28)29)11-17(20)22-21-16-9-10-18(30(24,25)26)13-6-2-1-5-12(13)16;/h1-11,23H,(H,24,25,26)(H,27,28,29);/q;+1/p-2. The number of hydrogen-bond donors (Lipinski definition) is 1. The third kappa shape index (κ3) is 4.55. The van der Waals surface area contributed by atoms with Gasteiger partial charge in [0.2, 0.25) is 0 Å². The Morgan fingerprint density at radius 3 is 1.66 bits per heavy atom. The maximum Gasteiger partial charge on any atom is 1.00 e. The quantitative estimate of drug-likeness (QED) is 0.259. The monoisotopic (exact) mass is 479 g/mol. The zero-order chi connectivity index (χ0) is 22.4. The Balaban J connectivity index is 0.00000289. The fraction of sp³-hybridized carbons (Fsp3) is 0. The number of phenolic OH excluding ortho intramolecular Hbond substituents is 1. The predicted molar refractivity (Wildman–Crippen MR) is 110 cm³/mol. The van der Waals surface area contributed by atoms with E-state index in [9.17, 15) is 31.0 Å². The first-order valence-corrected chi connectivity index (χ1v) is 11.5. The molecule has 158 valence electrons. The summed E-state index contributed by atoms with van der Waals surface area (Å²) < 4.78 is 69.6. The average Bonchev–Trinajstić information content (AvgIpc) is 2.71. The number of aromatic hydroxyl groups is 1. The van der Waals surface area contributed by atoms with Gasteiger partial charge in [0.05, 0.1) is 15.5 Å². The molecular weight excluding hydrogens is 467 g/mol. The van der Waals surface area contributed by atoms with Crippen LogP contribution in [0.4, 0.5) is 11.4 Å². The van der Waals surface area contributed by atoms with Crippen LogP contribution in [0.1, 0.15) is 0 Å². The van der Waals surface area contributed by atoms with Crippen LogP contribution in [-0.2, 0) is 20.2 Å². The van der Waals surface area contributed by atoms with Gasteiger partial charge in [0.1, 0.15) is 25.9 Å². The van der Waals surface area contributed by atoms with E-state index in [1.54, 1.807) is 18.2 Å². The molecule has 0 amide bonds. The zero-order valence-corrected chi connectivity index (χ0v) is 20.1. The van der Waals surface area contributed by atoms with Crippen molar-refractivity contribution in [3.05, 3.63) is 66.7 Å². The molecule has 1 N–H and O–H groups in total. The Kier molecular flexibility index (Phi) is 6.72. The van der Waals surface area contributed by atoms with Crippen LogP contribution in [-0.4, -0.2) is 31.0 Å². The van der Waals surface area contributed by atoms with Crippen molar-refractivity contribution in [3.63, 3.8) is 0 Å².